The molecule has 1 N–H and O–H groups in total. The first kappa shape index (κ1) is 15.0. The molecule has 0 saturated carbocycles. The van der Waals surface area contributed by atoms with E-state index in [1.807, 2.05) is 0 Å². The van der Waals surface area contributed by atoms with Crippen LogP contribution >= 0.6 is 23.8 Å². The molecule has 0 spiro atoms. The normalized spacial score (nSPS) is 19.2. The molecular weight excluding hydrogens is 309 g/mol. The zero-order valence-corrected chi connectivity index (χ0v) is 13.8. The van der Waals surface area contributed by atoms with Gasteiger partial charge in [0, 0.05) is 12.6 Å². The minimum Gasteiger partial charge on any atom is -0.330 e. The van der Waals surface area contributed by atoms with Crippen LogP contribution in [-0.4, -0.2) is 34.6 Å². The maximum Gasteiger partial charge on any atom is 0.178 e. The first-order valence-electron chi connectivity index (χ1n) is 7.14. The number of benzene rings is 1. The Balaban J connectivity index is 1.99. The molecule has 1 aromatic heterocycles. The van der Waals surface area contributed by atoms with Gasteiger partial charge in [-0.2, -0.15) is 0 Å². The predicted molar refractivity (Wildman–Crippen MR) is 86.9 cm³/mol. The fourth-order valence-electron chi connectivity index (χ4n) is 3.01. The summed E-state index contributed by atoms with van der Waals surface area (Å²) in [6, 6.07) is 3.08. The number of piperidine rings is 1. The molecule has 1 fully saturated rings. The van der Waals surface area contributed by atoms with Crippen LogP contribution in [0.15, 0.2) is 12.1 Å². The zero-order valence-electron chi connectivity index (χ0n) is 12.2. The molecule has 6 heteroatoms. The fourth-order valence-corrected chi connectivity index (χ4v) is 3.44. The highest BCUT2D eigenvalue weighted by molar-refractivity contribution is 7.71. The molecule has 1 aromatic carbocycles. The first-order valence-corrected chi connectivity index (χ1v) is 7.93. The van der Waals surface area contributed by atoms with Gasteiger partial charge in [-0.3, -0.25) is 0 Å². The van der Waals surface area contributed by atoms with Gasteiger partial charge >= 0.3 is 0 Å². The Morgan fingerprint density at radius 1 is 1.38 bits per heavy atom. The summed E-state index contributed by atoms with van der Waals surface area (Å²) < 4.78 is 16.3. The van der Waals surface area contributed by atoms with E-state index in [9.17, 15) is 4.39 Å². The van der Waals surface area contributed by atoms with E-state index in [4.69, 9.17) is 23.8 Å². The molecule has 2 heterocycles. The number of hydrogen-bond donors (Lipinski definition) is 1. The maximum absolute atomic E-state index is 13.6. The summed E-state index contributed by atoms with van der Waals surface area (Å²) >= 11 is 11.3. The van der Waals surface area contributed by atoms with Gasteiger partial charge < -0.3 is 14.5 Å². The summed E-state index contributed by atoms with van der Waals surface area (Å²) in [5, 5.41) is 0.138. The molecule has 0 atom stereocenters. The average molecular weight is 328 g/mol. The van der Waals surface area contributed by atoms with Gasteiger partial charge in [0.2, 0.25) is 0 Å². The summed E-state index contributed by atoms with van der Waals surface area (Å²) in [5.41, 5.74) is 1.80. The summed E-state index contributed by atoms with van der Waals surface area (Å²) in [6.45, 7) is 5.33. The van der Waals surface area contributed by atoms with Crippen molar-refractivity contribution in [3.05, 3.63) is 27.7 Å². The van der Waals surface area contributed by atoms with E-state index in [2.05, 4.69) is 28.4 Å². The minimum absolute atomic E-state index is 0.138. The van der Waals surface area contributed by atoms with Gasteiger partial charge in [0.05, 0.1) is 16.1 Å². The van der Waals surface area contributed by atoms with Gasteiger partial charge in [-0.05, 0) is 56.7 Å². The Morgan fingerprint density at radius 3 is 2.71 bits per heavy atom. The van der Waals surface area contributed by atoms with Crippen LogP contribution < -0.4 is 0 Å². The number of nitrogens with zero attached hydrogens (tertiary/aromatic N) is 2. The summed E-state index contributed by atoms with van der Waals surface area (Å²) in [4.78, 5) is 5.43. The van der Waals surface area contributed by atoms with E-state index in [1.54, 1.807) is 6.07 Å². The second-order valence-electron chi connectivity index (χ2n) is 6.41. The smallest absolute Gasteiger partial charge is 0.178 e. The van der Waals surface area contributed by atoms with Crippen LogP contribution in [0, 0.1) is 16.0 Å². The van der Waals surface area contributed by atoms with Crippen molar-refractivity contribution in [2.45, 2.75) is 26.3 Å². The lowest BCUT2D eigenvalue weighted by Gasteiger charge is -2.38. The maximum atomic E-state index is 13.6. The third-order valence-corrected chi connectivity index (χ3v) is 5.16. The van der Waals surface area contributed by atoms with Crippen molar-refractivity contribution in [3.63, 3.8) is 0 Å². The second kappa shape index (κ2) is 5.38. The minimum atomic E-state index is -0.418. The zero-order chi connectivity index (χ0) is 15.2. The van der Waals surface area contributed by atoms with Gasteiger partial charge in [0.1, 0.15) is 5.82 Å². The van der Waals surface area contributed by atoms with Crippen molar-refractivity contribution in [1.29, 1.82) is 0 Å². The van der Waals surface area contributed by atoms with Crippen molar-refractivity contribution in [1.82, 2.24) is 14.5 Å². The molecule has 0 radical (unpaired) electrons. The van der Waals surface area contributed by atoms with Gasteiger partial charge in [-0.15, -0.1) is 0 Å². The van der Waals surface area contributed by atoms with Crippen molar-refractivity contribution in [2.75, 3.05) is 20.1 Å². The van der Waals surface area contributed by atoms with E-state index in [1.165, 1.54) is 6.07 Å². The molecule has 0 amide bonds. The number of hydrogen-bond acceptors (Lipinski definition) is 2. The molecule has 3 rings (SSSR count). The quantitative estimate of drug-likeness (QED) is 0.835. The van der Waals surface area contributed by atoms with Crippen molar-refractivity contribution >= 4 is 34.9 Å². The van der Waals surface area contributed by atoms with E-state index >= 15 is 0 Å². The summed E-state index contributed by atoms with van der Waals surface area (Å²) in [6.07, 6.45) is 2.26. The Bertz CT molecular complexity index is 728. The summed E-state index contributed by atoms with van der Waals surface area (Å²) in [7, 11) is 2.15. The number of nitrogens with one attached hydrogen (secondary N) is 1. The van der Waals surface area contributed by atoms with E-state index < -0.39 is 5.82 Å². The number of imidazole rings is 1. The molecule has 2 aromatic rings. The molecule has 3 nitrogen and oxygen atoms in total. The van der Waals surface area contributed by atoms with Gasteiger partial charge in [0.15, 0.2) is 4.77 Å². The Labute approximate surface area is 133 Å². The number of aromatic amines is 1. The number of aromatic nitrogens is 2. The van der Waals surface area contributed by atoms with Crippen LogP contribution in [-0.2, 0) is 6.54 Å². The highest BCUT2D eigenvalue weighted by atomic mass is 35.5. The molecule has 21 heavy (non-hydrogen) atoms. The molecule has 1 aliphatic rings. The van der Waals surface area contributed by atoms with Crippen LogP contribution in [0.5, 0.6) is 0 Å². The predicted octanol–water partition coefficient (Wildman–Crippen LogP) is 4.22. The van der Waals surface area contributed by atoms with Gasteiger partial charge in [0.25, 0.3) is 0 Å². The fraction of sp³-hybridized carbons (Fsp3) is 0.533. The van der Waals surface area contributed by atoms with E-state index in [0.717, 1.165) is 38.0 Å². The highest BCUT2D eigenvalue weighted by Crippen LogP contribution is 2.34. The van der Waals surface area contributed by atoms with Crippen molar-refractivity contribution in [2.24, 2.45) is 5.41 Å². The number of H-pyrrole nitrogens is 1. The second-order valence-corrected chi connectivity index (χ2v) is 7.21. The van der Waals surface area contributed by atoms with Crippen LogP contribution in [0.25, 0.3) is 11.0 Å². The van der Waals surface area contributed by atoms with E-state index in [-0.39, 0.29) is 10.4 Å². The number of fused-ring (bicyclic) bond motifs is 1. The third-order valence-electron chi connectivity index (χ3n) is 4.55. The Hall–Kier alpha value is -0.910. The molecule has 114 valence electrons. The van der Waals surface area contributed by atoms with Crippen LogP contribution in [0.4, 0.5) is 4.39 Å². The standard InChI is InChI=1S/C15H19ClFN3S/c1-15(3-5-19(2)6-4-15)9-20-13-7-10(16)11(17)8-12(13)18-14(20)21/h7-8H,3-6,9H2,1-2H3,(H,18,21). The van der Waals surface area contributed by atoms with Crippen molar-refractivity contribution in [3.8, 4) is 0 Å². The molecule has 0 bridgehead atoms. The third kappa shape index (κ3) is 2.87. The van der Waals surface area contributed by atoms with Crippen LogP contribution in [0.3, 0.4) is 0 Å². The lowest BCUT2D eigenvalue weighted by atomic mass is 9.80. The number of halogens is 2. The first-order chi connectivity index (χ1) is 9.88. The molecule has 1 aliphatic heterocycles. The Morgan fingerprint density at radius 2 is 2.05 bits per heavy atom. The lowest BCUT2D eigenvalue weighted by molar-refractivity contribution is 0.121. The van der Waals surface area contributed by atoms with Crippen LogP contribution in [0.2, 0.25) is 5.02 Å². The highest BCUT2D eigenvalue weighted by Gasteiger charge is 2.30. The summed E-state index contributed by atoms with van der Waals surface area (Å²) in [5.74, 6) is -0.418. The topological polar surface area (TPSA) is 24.0 Å². The van der Waals surface area contributed by atoms with Crippen molar-refractivity contribution < 1.29 is 4.39 Å². The number of rotatable bonds is 2. The Kier molecular flexibility index (Phi) is 3.84. The average Bonchev–Trinajstić information content (AvgIpc) is 2.71. The largest absolute Gasteiger partial charge is 0.330 e. The lowest BCUT2D eigenvalue weighted by Crippen LogP contribution is -2.38. The van der Waals surface area contributed by atoms with Gasteiger partial charge in [-0.1, -0.05) is 18.5 Å². The molecular formula is C15H19ClFN3S. The van der Waals surface area contributed by atoms with Gasteiger partial charge in [-0.25, -0.2) is 4.39 Å². The molecule has 0 aliphatic carbocycles. The molecule has 0 unspecified atom stereocenters. The van der Waals surface area contributed by atoms with E-state index in [0.29, 0.717) is 10.3 Å². The molecule has 1 saturated heterocycles. The monoisotopic (exact) mass is 327 g/mol. The number of likely N-dealkylation sites (tertiary alicyclic amines) is 1. The SMILES string of the molecule is CN1CCC(C)(Cn2c(=S)[nH]c3cc(F)c(Cl)cc32)CC1. The van der Waals surface area contributed by atoms with Crippen LogP contribution in [0.1, 0.15) is 19.8 Å².